The van der Waals surface area contributed by atoms with Crippen LogP contribution in [-0.4, -0.2) is 57.0 Å². The van der Waals surface area contributed by atoms with Crippen LogP contribution in [0.2, 0.25) is 0 Å². The van der Waals surface area contributed by atoms with Gasteiger partial charge in [-0.2, -0.15) is 8.42 Å². The molecule has 3 fully saturated rings. The summed E-state index contributed by atoms with van der Waals surface area (Å²) in [5.74, 6) is -1.44. The third-order valence-corrected chi connectivity index (χ3v) is 7.53. The first-order valence-corrected chi connectivity index (χ1v) is 12.5. The molecule has 0 saturated carbocycles. The first kappa shape index (κ1) is 23.0. The van der Waals surface area contributed by atoms with Crippen molar-refractivity contribution in [2.24, 2.45) is 0 Å². The molecule has 1 amide bonds. The second-order valence-corrected chi connectivity index (χ2v) is 10.3. The number of fused-ring (bicyclic) bond motifs is 2. The van der Waals surface area contributed by atoms with E-state index in [4.69, 9.17) is 14.0 Å². The summed E-state index contributed by atoms with van der Waals surface area (Å²) in [7, 11) is -4.26. The first-order chi connectivity index (χ1) is 16.2. The van der Waals surface area contributed by atoms with Crippen molar-refractivity contribution < 1.29 is 36.0 Å². The maximum atomic E-state index is 15.1. The van der Waals surface area contributed by atoms with Gasteiger partial charge in [-0.25, -0.2) is 13.6 Å². The molecule has 3 atom stereocenters. The Labute approximate surface area is 195 Å². The highest BCUT2D eigenvalue weighted by atomic mass is 32.2. The van der Waals surface area contributed by atoms with Gasteiger partial charge in [0.2, 0.25) is 0 Å². The van der Waals surface area contributed by atoms with Crippen LogP contribution >= 0.6 is 0 Å². The van der Waals surface area contributed by atoms with Gasteiger partial charge >= 0.3 is 6.09 Å². The predicted molar refractivity (Wildman–Crippen MR) is 119 cm³/mol. The molecule has 3 aliphatic heterocycles. The summed E-state index contributed by atoms with van der Waals surface area (Å²) >= 11 is 0. The average Bonchev–Trinajstić information content (AvgIpc) is 3.26. The normalized spacial score (nSPS) is 24.6. The topological polar surface area (TPSA) is 96.4 Å². The second-order valence-electron chi connectivity index (χ2n) is 8.86. The molecular weight excluding hydrogens is 470 g/mol. The van der Waals surface area contributed by atoms with Gasteiger partial charge in [-0.3, -0.25) is 9.45 Å². The molecule has 34 heavy (non-hydrogen) atoms. The van der Waals surface area contributed by atoms with Gasteiger partial charge in [-0.1, -0.05) is 12.1 Å². The number of ether oxygens (including phenoxy) is 2. The van der Waals surface area contributed by atoms with Crippen LogP contribution in [0.15, 0.2) is 41.3 Å². The third-order valence-electron chi connectivity index (χ3n) is 6.66. The minimum Gasteiger partial charge on any atom is -0.444 e. The zero-order valence-electron chi connectivity index (χ0n) is 18.2. The Kier molecular flexibility index (Phi) is 5.95. The molecule has 1 N–H and O–H groups in total. The Morgan fingerprint density at radius 1 is 1.03 bits per heavy atom. The average molecular weight is 495 g/mol. The van der Waals surface area contributed by atoms with E-state index in [-0.39, 0.29) is 34.9 Å². The summed E-state index contributed by atoms with van der Waals surface area (Å²) < 4.78 is 72.4. The van der Waals surface area contributed by atoms with Crippen LogP contribution in [0.3, 0.4) is 0 Å². The monoisotopic (exact) mass is 494 g/mol. The Morgan fingerprint density at radius 2 is 1.65 bits per heavy atom. The lowest BCUT2D eigenvalue weighted by Crippen LogP contribution is -2.46. The van der Waals surface area contributed by atoms with E-state index < -0.39 is 33.9 Å². The quantitative estimate of drug-likeness (QED) is 0.614. The van der Waals surface area contributed by atoms with Crippen molar-refractivity contribution in [2.45, 2.75) is 48.8 Å². The van der Waals surface area contributed by atoms with Crippen molar-refractivity contribution >= 4 is 27.6 Å². The number of carbonyl (C=O) groups is 1. The summed E-state index contributed by atoms with van der Waals surface area (Å²) in [6.07, 6.45) is 1.40. The molecule has 0 radical (unpaired) electrons. The smallest absolute Gasteiger partial charge is 0.414 e. The number of anilines is 2. The number of halogens is 2. The number of morpholine rings is 1. The van der Waals surface area contributed by atoms with Gasteiger partial charge in [0.25, 0.3) is 10.1 Å². The predicted octanol–water partition coefficient (Wildman–Crippen LogP) is 3.54. The van der Waals surface area contributed by atoms with Crippen molar-refractivity contribution in [2.75, 3.05) is 29.6 Å². The molecule has 0 spiro atoms. The Morgan fingerprint density at radius 3 is 2.24 bits per heavy atom. The number of amides is 1. The largest absolute Gasteiger partial charge is 0.444 e. The standard InChI is InChI=1S/C23H24F2N2O6S/c24-20-9-17(10-21(25)22(20)27-15-4-5-16(27)13-32-12-15)26-11-18(33-23(26)28)6-1-14-2-7-19(8-3-14)34(29,30)31/h2-3,7-10,15-16,18H,1,4-6,11-13H2,(H,29,30,31). The molecular formula is C23H24F2N2O6S. The van der Waals surface area contributed by atoms with Crippen molar-refractivity contribution in [3.63, 3.8) is 0 Å². The molecule has 0 aromatic heterocycles. The highest BCUT2D eigenvalue weighted by Crippen LogP contribution is 2.39. The van der Waals surface area contributed by atoms with Crippen molar-refractivity contribution in [3.8, 4) is 0 Å². The van der Waals surface area contributed by atoms with E-state index in [9.17, 15) is 13.2 Å². The Balaban J connectivity index is 1.26. The Hall–Kier alpha value is -2.76. The fourth-order valence-corrected chi connectivity index (χ4v) is 5.47. The van der Waals surface area contributed by atoms with E-state index >= 15 is 8.78 Å². The summed E-state index contributed by atoms with van der Waals surface area (Å²) in [4.78, 5) is 15.2. The molecule has 3 heterocycles. The van der Waals surface area contributed by atoms with E-state index in [1.807, 2.05) is 0 Å². The van der Waals surface area contributed by atoms with Gasteiger partial charge in [0.05, 0.1) is 42.4 Å². The highest BCUT2D eigenvalue weighted by molar-refractivity contribution is 7.85. The fraction of sp³-hybridized carbons (Fsp3) is 0.435. The van der Waals surface area contributed by atoms with E-state index in [1.54, 1.807) is 17.0 Å². The first-order valence-electron chi connectivity index (χ1n) is 11.1. The number of hydrogen-bond acceptors (Lipinski definition) is 6. The molecule has 2 aromatic rings. The van der Waals surface area contributed by atoms with Crippen molar-refractivity contribution in [3.05, 3.63) is 53.6 Å². The number of aryl methyl sites for hydroxylation is 1. The van der Waals surface area contributed by atoms with Gasteiger partial charge in [0.1, 0.15) is 11.8 Å². The summed E-state index contributed by atoms with van der Waals surface area (Å²) in [6.45, 7) is 1.02. The number of carbonyl (C=O) groups excluding carboxylic acids is 1. The second kappa shape index (κ2) is 8.79. The van der Waals surface area contributed by atoms with Gasteiger partial charge < -0.3 is 14.4 Å². The summed E-state index contributed by atoms with van der Waals surface area (Å²) in [5.41, 5.74) is 0.824. The van der Waals surface area contributed by atoms with Crippen molar-refractivity contribution in [1.29, 1.82) is 0 Å². The SMILES string of the molecule is O=C1OC(CCc2ccc(S(=O)(=O)O)cc2)CN1c1cc(F)c(N2C3CCC2COC3)c(F)c1. The number of rotatable bonds is 6. The summed E-state index contributed by atoms with van der Waals surface area (Å²) in [6, 6.07) is 7.97. The lowest BCUT2D eigenvalue weighted by molar-refractivity contribution is 0.0898. The van der Waals surface area contributed by atoms with E-state index in [0.717, 1.165) is 18.4 Å². The molecule has 0 aliphatic carbocycles. The number of nitrogens with zero attached hydrogens (tertiary/aromatic N) is 2. The van der Waals surface area contributed by atoms with Crippen LogP contribution in [0, 0.1) is 11.6 Å². The van der Waals surface area contributed by atoms with Gasteiger partial charge in [-0.05, 0) is 43.4 Å². The summed E-state index contributed by atoms with van der Waals surface area (Å²) in [5, 5.41) is 0. The van der Waals surface area contributed by atoms with Crippen LogP contribution in [0.5, 0.6) is 0 Å². The third kappa shape index (κ3) is 4.35. The molecule has 2 aromatic carbocycles. The fourth-order valence-electron chi connectivity index (χ4n) is 4.99. The van der Waals surface area contributed by atoms with E-state index in [1.165, 1.54) is 29.2 Å². The lowest BCUT2D eigenvalue weighted by Gasteiger charge is -2.37. The Bertz CT molecular complexity index is 1170. The minimum atomic E-state index is -4.26. The number of hydrogen-bond donors (Lipinski definition) is 1. The molecule has 3 aliphatic rings. The van der Waals surface area contributed by atoms with E-state index in [2.05, 4.69) is 0 Å². The number of benzene rings is 2. The molecule has 5 rings (SSSR count). The zero-order valence-corrected chi connectivity index (χ0v) is 19.0. The van der Waals surface area contributed by atoms with E-state index in [0.29, 0.717) is 26.1 Å². The van der Waals surface area contributed by atoms with Crippen LogP contribution in [0.4, 0.5) is 25.0 Å². The zero-order chi connectivity index (χ0) is 24.0. The van der Waals surface area contributed by atoms with Crippen LogP contribution in [0.25, 0.3) is 0 Å². The maximum absolute atomic E-state index is 15.1. The molecule has 3 unspecified atom stereocenters. The maximum Gasteiger partial charge on any atom is 0.414 e. The van der Waals surface area contributed by atoms with Gasteiger partial charge in [0.15, 0.2) is 11.6 Å². The minimum absolute atomic E-state index is 0.0544. The molecule has 11 heteroatoms. The number of cyclic esters (lactones) is 1. The van der Waals surface area contributed by atoms with Gasteiger partial charge in [0, 0.05) is 12.1 Å². The van der Waals surface area contributed by atoms with Crippen LogP contribution in [-0.2, 0) is 26.0 Å². The van der Waals surface area contributed by atoms with Gasteiger partial charge in [-0.15, -0.1) is 0 Å². The van der Waals surface area contributed by atoms with Crippen LogP contribution in [0.1, 0.15) is 24.8 Å². The molecule has 3 saturated heterocycles. The molecule has 2 bridgehead atoms. The molecule has 8 nitrogen and oxygen atoms in total. The van der Waals surface area contributed by atoms with Crippen molar-refractivity contribution in [1.82, 2.24) is 0 Å². The molecule has 182 valence electrons. The van der Waals surface area contributed by atoms with Crippen LogP contribution < -0.4 is 9.80 Å². The lowest BCUT2D eigenvalue weighted by atomic mass is 10.1. The highest BCUT2D eigenvalue weighted by Gasteiger charge is 2.41.